The topological polar surface area (TPSA) is 118 Å². The number of ether oxygens (including phenoxy) is 3. The first-order valence-corrected chi connectivity index (χ1v) is 14.7. The van der Waals surface area contributed by atoms with Gasteiger partial charge in [0, 0.05) is 31.6 Å². The Balaban J connectivity index is 1.72. The highest BCUT2D eigenvalue weighted by Gasteiger charge is 2.53. The summed E-state index contributed by atoms with van der Waals surface area (Å²) in [7, 11) is 0. The predicted molar refractivity (Wildman–Crippen MR) is 166 cm³/mol. The highest BCUT2D eigenvalue weighted by atomic mass is 19.1. The van der Waals surface area contributed by atoms with E-state index in [1.54, 1.807) is 45.0 Å². The summed E-state index contributed by atoms with van der Waals surface area (Å²) in [5.74, 6) is -0.217. The van der Waals surface area contributed by atoms with E-state index in [0.717, 1.165) is 11.1 Å². The standard InChI is InChI=1S/C34H40FN3O6/c1-33(2,3)44-29(40)18-19-34(32(41)38-36-21-20-35)30(26-12-10-25(11-13-26)24-8-5-4-6-9-24)43-31(37-34)27-14-16-28(17-15-27)42-23-7-22-39/h4-6,8-17,30,36,39H,7,18-23H2,1-3H3,(H,38,41)/t30-,34-/m0/s1. The number of carbonyl (C=O) groups is 2. The van der Waals surface area contributed by atoms with Gasteiger partial charge in [0.1, 0.15) is 18.0 Å². The normalized spacial score (nSPS) is 17.8. The van der Waals surface area contributed by atoms with Crippen LogP contribution in [-0.4, -0.2) is 60.5 Å². The number of esters is 1. The third-order valence-corrected chi connectivity index (χ3v) is 6.90. The predicted octanol–water partition coefficient (Wildman–Crippen LogP) is 5.08. The van der Waals surface area contributed by atoms with Crippen molar-refractivity contribution in [2.45, 2.75) is 57.3 Å². The van der Waals surface area contributed by atoms with Crippen LogP contribution in [0.4, 0.5) is 4.39 Å². The van der Waals surface area contributed by atoms with Crippen LogP contribution < -0.4 is 15.6 Å². The maximum Gasteiger partial charge on any atom is 0.306 e. The second kappa shape index (κ2) is 14.9. The molecule has 3 aromatic rings. The molecule has 0 spiro atoms. The summed E-state index contributed by atoms with van der Waals surface area (Å²) in [5.41, 5.74) is 6.19. The Bertz CT molecular complexity index is 1410. The molecule has 4 rings (SSSR count). The zero-order valence-electron chi connectivity index (χ0n) is 25.3. The van der Waals surface area contributed by atoms with Crippen LogP contribution in [0.25, 0.3) is 11.1 Å². The van der Waals surface area contributed by atoms with Crippen LogP contribution >= 0.6 is 0 Å². The second-order valence-corrected chi connectivity index (χ2v) is 11.4. The molecule has 0 unspecified atom stereocenters. The number of aliphatic hydroxyl groups is 1. The quantitative estimate of drug-likeness (QED) is 0.133. The SMILES string of the molecule is CC(C)(C)OC(=O)CC[C@]1(C(=O)NNCCF)N=C(c2ccc(OCCCO)cc2)O[C@H]1c1ccc(-c2ccccc2)cc1. The summed E-state index contributed by atoms with van der Waals surface area (Å²) >= 11 is 0. The Kier molecular flexibility index (Phi) is 11.1. The Morgan fingerprint density at radius 2 is 1.64 bits per heavy atom. The first-order valence-electron chi connectivity index (χ1n) is 14.7. The van der Waals surface area contributed by atoms with E-state index < -0.39 is 35.8 Å². The van der Waals surface area contributed by atoms with Gasteiger partial charge in [-0.25, -0.2) is 14.8 Å². The van der Waals surface area contributed by atoms with Crippen molar-refractivity contribution in [3.05, 3.63) is 90.0 Å². The third-order valence-electron chi connectivity index (χ3n) is 6.90. The van der Waals surface area contributed by atoms with Crippen LogP contribution in [0.5, 0.6) is 5.75 Å². The monoisotopic (exact) mass is 605 g/mol. The molecule has 1 aliphatic rings. The Morgan fingerprint density at radius 3 is 2.27 bits per heavy atom. The van der Waals surface area contributed by atoms with Crippen molar-refractivity contribution in [2.75, 3.05) is 26.4 Å². The number of hydrazine groups is 1. The molecule has 0 aromatic heterocycles. The van der Waals surface area contributed by atoms with Gasteiger partial charge in [0.15, 0.2) is 11.6 Å². The molecular weight excluding hydrogens is 565 g/mol. The fraction of sp³-hybridized carbons (Fsp3) is 0.382. The average molecular weight is 606 g/mol. The first kappa shape index (κ1) is 32.6. The summed E-state index contributed by atoms with van der Waals surface area (Å²) in [6.45, 7) is 4.94. The van der Waals surface area contributed by atoms with Gasteiger partial charge in [-0.3, -0.25) is 15.0 Å². The van der Waals surface area contributed by atoms with E-state index in [-0.39, 0.29) is 31.9 Å². The molecule has 0 radical (unpaired) electrons. The molecule has 0 aliphatic carbocycles. The first-order chi connectivity index (χ1) is 21.1. The molecule has 44 heavy (non-hydrogen) atoms. The molecule has 0 saturated heterocycles. The van der Waals surface area contributed by atoms with Gasteiger partial charge < -0.3 is 19.3 Å². The number of carbonyl (C=O) groups excluding carboxylic acids is 2. The van der Waals surface area contributed by atoms with E-state index >= 15 is 0 Å². The van der Waals surface area contributed by atoms with E-state index in [1.165, 1.54) is 0 Å². The Hall–Kier alpha value is -4.28. The molecule has 1 aliphatic heterocycles. The molecule has 0 bridgehead atoms. The maximum absolute atomic E-state index is 13.9. The van der Waals surface area contributed by atoms with Gasteiger partial charge in [-0.1, -0.05) is 54.6 Å². The largest absolute Gasteiger partial charge is 0.494 e. The van der Waals surface area contributed by atoms with Crippen molar-refractivity contribution in [3.63, 3.8) is 0 Å². The van der Waals surface area contributed by atoms with Crippen molar-refractivity contribution in [3.8, 4) is 16.9 Å². The second-order valence-electron chi connectivity index (χ2n) is 11.4. The number of nitrogens with one attached hydrogen (secondary N) is 2. The van der Waals surface area contributed by atoms with Crippen LogP contribution in [0.3, 0.4) is 0 Å². The Labute approximate surface area is 257 Å². The molecule has 9 nitrogen and oxygen atoms in total. The summed E-state index contributed by atoms with van der Waals surface area (Å²) in [6, 6.07) is 24.6. The van der Waals surface area contributed by atoms with Crippen molar-refractivity contribution < 1.29 is 33.3 Å². The fourth-order valence-corrected chi connectivity index (χ4v) is 4.83. The van der Waals surface area contributed by atoms with Gasteiger partial charge in [-0.2, -0.15) is 0 Å². The van der Waals surface area contributed by atoms with Gasteiger partial charge in [0.05, 0.1) is 6.61 Å². The van der Waals surface area contributed by atoms with Gasteiger partial charge >= 0.3 is 5.97 Å². The molecule has 2 atom stereocenters. The summed E-state index contributed by atoms with van der Waals surface area (Å²) in [6.07, 6.45) is -0.530. The number of nitrogens with zero attached hydrogens (tertiary/aromatic N) is 1. The zero-order valence-corrected chi connectivity index (χ0v) is 25.3. The molecule has 1 amide bonds. The van der Waals surface area contributed by atoms with Gasteiger partial charge in [-0.05, 0) is 68.1 Å². The van der Waals surface area contributed by atoms with Crippen LogP contribution in [0, 0.1) is 0 Å². The number of halogens is 1. The molecule has 0 fully saturated rings. The highest BCUT2D eigenvalue weighted by Crippen LogP contribution is 2.43. The lowest BCUT2D eigenvalue weighted by Gasteiger charge is -2.31. The van der Waals surface area contributed by atoms with E-state index in [9.17, 15) is 14.0 Å². The van der Waals surface area contributed by atoms with Gasteiger partial charge in [0.2, 0.25) is 5.90 Å². The molecule has 3 aromatic carbocycles. The van der Waals surface area contributed by atoms with Gasteiger partial charge in [0.25, 0.3) is 5.91 Å². The minimum atomic E-state index is -1.58. The highest BCUT2D eigenvalue weighted by molar-refractivity contribution is 6.01. The number of aliphatic imine (C=N–C) groups is 1. The smallest absolute Gasteiger partial charge is 0.306 e. The van der Waals surface area contributed by atoms with Crippen molar-refractivity contribution in [2.24, 2.45) is 4.99 Å². The summed E-state index contributed by atoms with van der Waals surface area (Å²) in [5, 5.41) is 9.02. The minimum Gasteiger partial charge on any atom is -0.494 e. The van der Waals surface area contributed by atoms with Crippen molar-refractivity contribution >= 4 is 17.8 Å². The van der Waals surface area contributed by atoms with Crippen LogP contribution in [0.1, 0.15) is 57.3 Å². The lowest BCUT2D eigenvalue weighted by molar-refractivity contribution is -0.155. The van der Waals surface area contributed by atoms with Crippen LogP contribution in [-0.2, 0) is 19.1 Å². The molecule has 234 valence electrons. The summed E-state index contributed by atoms with van der Waals surface area (Å²) in [4.78, 5) is 31.6. The number of hydrogen-bond acceptors (Lipinski definition) is 8. The molecule has 10 heteroatoms. The molecular formula is C34H40FN3O6. The number of aliphatic hydroxyl groups excluding tert-OH is 1. The Morgan fingerprint density at radius 1 is 0.977 bits per heavy atom. The maximum atomic E-state index is 13.9. The van der Waals surface area contributed by atoms with Crippen molar-refractivity contribution in [1.29, 1.82) is 0 Å². The van der Waals surface area contributed by atoms with Gasteiger partial charge in [-0.15, -0.1) is 0 Å². The molecule has 3 N–H and O–H groups in total. The number of benzene rings is 3. The zero-order chi connectivity index (χ0) is 31.6. The van der Waals surface area contributed by atoms with E-state index in [1.807, 2.05) is 54.6 Å². The third kappa shape index (κ3) is 8.42. The number of alkyl halides is 1. The van der Waals surface area contributed by atoms with E-state index in [0.29, 0.717) is 29.9 Å². The number of amides is 1. The van der Waals surface area contributed by atoms with E-state index in [4.69, 9.17) is 24.3 Å². The average Bonchev–Trinajstić information content (AvgIpc) is 3.41. The number of rotatable bonds is 14. The lowest BCUT2D eigenvalue weighted by Crippen LogP contribution is -2.53. The molecule has 0 saturated carbocycles. The minimum absolute atomic E-state index is 0.0258. The summed E-state index contributed by atoms with van der Waals surface area (Å²) < 4.78 is 30.5. The lowest BCUT2D eigenvalue weighted by atomic mass is 9.83. The number of hydrogen-bond donors (Lipinski definition) is 3. The van der Waals surface area contributed by atoms with Crippen LogP contribution in [0.2, 0.25) is 0 Å². The van der Waals surface area contributed by atoms with Crippen LogP contribution in [0.15, 0.2) is 83.9 Å². The molecule has 1 heterocycles. The van der Waals surface area contributed by atoms with E-state index in [2.05, 4.69) is 10.9 Å². The van der Waals surface area contributed by atoms with Crippen molar-refractivity contribution in [1.82, 2.24) is 10.9 Å². The fourth-order valence-electron chi connectivity index (χ4n) is 4.83.